The van der Waals surface area contributed by atoms with Gasteiger partial charge in [0.05, 0.1) is 11.8 Å². The van der Waals surface area contributed by atoms with Gasteiger partial charge >= 0.3 is 0 Å². The van der Waals surface area contributed by atoms with Crippen LogP contribution in [0.25, 0.3) is 0 Å². The van der Waals surface area contributed by atoms with Crippen molar-refractivity contribution in [1.82, 2.24) is 25.5 Å². The molecule has 24 heavy (non-hydrogen) atoms. The summed E-state index contributed by atoms with van der Waals surface area (Å²) in [5, 5.41) is 15.7. The van der Waals surface area contributed by atoms with Gasteiger partial charge in [-0.05, 0) is 35.8 Å². The van der Waals surface area contributed by atoms with Crippen molar-refractivity contribution in [2.45, 2.75) is 56.8 Å². The number of rotatable bonds is 6. The second kappa shape index (κ2) is 8.28. The lowest BCUT2D eigenvalue weighted by Gasteiger charge is -2.21. The van der Waals surface area contributed by atoms with Crippen molar-refractivity contribution < 1.29 is 4.79 Å². The number of aromatic nitrogens is 4. The van der Waals surface area contributed by atoms with Crippen LogP contribution in [0.1, 0.15) is 49.3 Å². The van der Waals surface area contributed by atoms with Gasteiger partial charge in [0.2, 0.25) is 11.1 Å². The summed E-state index contributed by atoms with van der Waals surface area (Å²) in [5.74, 6) is 0.331. The molecule has 1 aromatic heterocycles. The zero-order valence-electron chi connectivity index (χ0n) is 13.9. The average molecular weight is 345 g/mol. The Hall–Kier alpha value is -1.89. The Morgan fingerprint density at radius 1 is 1.25 bits per heavy atom. The third-order valence-electron chi connectivity index (χ3n) is 4.33. The number of carbonyl (C=O) groups excluding carboxylic acids is 1. The van der Waals surface area contributed by atoms with E-state index in [0.29, 0.717) is 18.3 Å². The molecule has 6 nitrogen and oxygen atoms in total. The first kappa shape index (κ1) is 17.0. The van der Waals surface area contributed by atoms with E-state index < -0.39 is 0 Å². The molecule has 1 aliphatic rings. The van der Waals surface area contributed by atoms with E-state index in [1.165, 1.54) is 36.6 Å². The Balaban J connectivity index is 1.48. The predicted octanol–water partition coefficient (Wildman–Crippen LogP) is 2.90. The summed E-state index contributed by atoms with van der Waals surface area (Å²) in [6, 6.07) is 8.55. The topological polar surface area (TPSA) is 72.7 Å². The summed E-state index contributed by atoms with van der Waals surface area (Å²) >= 11 is 1.41. The highest BCUT2D eigenvalue weighted by Crippen LogP contribution is 2.30. The summed E-state index contributed by atoms with van der Waals surface area (Å²) in [6.45, 7) is 2.60. The molecule has 0 saturated heterocycles. The fourth-order valence-corrected chi connectivity index (χ4v) is 3.70. The van der Waals surface area contributed by atoms with Crippen LogP contribution in [0.15, 0.2) is 29.4 Å². The minimum absolute atomic E-state index is 0.00114. The second-order valence-electron chi connectivity index (χ2n) is 6.25. The number of carbonyl (C=O) groups is 1. The van der Waals surface area contributed by atoms with E-state index in [2.05, 4.69) is 39.9 Å². The minimum atomic E-state index is -0.00114. The molecule has 0 bridgehead atoms. The lowest BCUT2D eigenvalue weighted by molar-refractivity contribution is -0.118. The summed E-state index contributed by atoms with van der Waals surface area (Å²) in [4.78, 5) is 12.1. The highest BCUT2D eigenvalue weighted by molar-refractivity contribution is 7.99. The van der Waals surface area contributed by atoms with Gasteiger partial charge in [-0.2, -0.15) is 0 Å². The number of hydrogen-bond acceptors (Lipinski definition) is 5. The van der Waals surface area contributed by atoms with Crippen LogP contribution in [-0.2, 0) is 11.3 Å². The SMILES string of the molecule is Cc1ccc(CNC(=O)CSc2nnnn2C2CCCCC2)cc1. The van der Waals surface area contributed by atoms with Crippen molar-refractivity contribution >= 4 is 17.7 Å². The molecular weight excluding hydrogens is 322 g/mol. The summed E-state index contributed by atoms with van der Waals surface area (Å²) in [7, 11) is 0. The molecule has 0 unspecified atom stereocenters. The van der Waals surface area contributed by atoms with Crippen LogP contribution in [0.4, 0.5) is 0 Å². The van der Waals surface area contributed by atoms with Crippen LogP contribution in [0.5, 0.6) is 0 Å². The van der Waals surface area contributed by atoms with Crippen LogP contribution < -0.4 is 5.32 Å². The Bertz CT molecular complexity index is 664. The minimum Gasteiger partial charge on any atom is -0.351 e. The van der Waals surface area contributed by atoms with Crippen LogP contribution in [-0.4, -0.2) is 31.9 Å². The van der Waals surface area contributed by atoms with Gasteiger partial charge in [-0.1, -0.05) is 60.9 Å². The van der Waals surface area contributed by atoms with Gasteiger partial charge < -0.3 is 5.32 Å². The van der Waals surface area contributed by atoms with Crippen LogP contribution in [0.3, 0.4) is 0 Å². The molecule has 1 heterocycles. The maximum atomic E-state index is 12.1. The molecule has 1 N–H and O–H groups in total. The van der Waals surface area contributed by atoms with Crippen molar-refractivity contribution in [2.75, 3.05) is 5.75 Å². The fourth-order valence-electron chi connectivity index (χ4n) is 2.92. The van der Waals surface area contributed by atoms with Crippen LogP contribution in [0.2, 0.25) is 0 Å². The molecule has 3 rings (SSSR count). The molecule has 0 spiro atoms. The first-order valence-corrected chi connectivity index (χ1v) is 9.44. The molecular formula is C17H23N5OS. The van der Waals surface area contributed by atoms with Crippen molar-refractivity contribution in [3.05, 3.63) is 35.4 Å². The number of amides is 1. The molecule has 2 aromatic rings. The monoisotopic (exact) mass is 345 g/mol. The number of benzene rings is 1. The Labute approximate surface area is 146 Å². The standard InChI is InChI=1S/C17H23N5OS/c1-13-7-9-14(10-8-13)11-18-16(23)12-24-17-19-20-21-22(17)15-5-3-2-4-6-15/h7-10,15H,2-6,11-12H2,1H3,(H,18,23). The third-order valence-corrected chi connectivity index (χ3v) is 5.26. The zero-order valence-corrected chi connectivity index (χ0v) is 14.8. The third kappa shape index (κ3) is 4.56. The molecule has 128 valence electrons. The summed E-state index contributed by atoms with van der Waals surface area (Å²) in [6.07, 6.45) is 6.00. The van der Waals surface area contributed by atoms with Gasteiger partial charge in [0.15, 0.2) is 0 Å². The quantitative estimate of drug-likeness (QED) is 0.815. The fraction of sp³-hybridized carbons (Fsp3) is 0.529. The van der Waals surface area contributed by atoms with E-state index in [-0.39, 0.29) is 5.91 Å². The normalized spacial score (nSPS) is 15.4. The molecule has 0 aliphatic heterocycles. The van der Waals surface area contributed by atoms with Gasteiger partial charge in [-0.3, -0.25) is 4.79 Å². The maximum absolute atomic E-state index is 12.1. The van der Waals surface area contributed by atoms with Crippen molar-refractivity contribution in [3.8, 4) is 0 Å². The van der Waals surface area contributed by atoms with Gasteiger partial charge in [0.25, 0.3) is 0 Å². The first-order valence-electron chi connectivity index (χ1n) is 8.45. The average Bonchev–Trinajstić information content (AvgIpc) is 3.09. The Kier molecular flexibility index (Phi) is 5.85. The van der Waals surface area contributed by atoms with E-state index in [1.54, 1.807) is 0 Å². The van der Waals surface area contributed by atoms with E-state index in [0.717, 1.165) is 23.6 Å². The Morgan fingerprint density at radius 3 is 2.75 bits per heavy atom. The summed E-state index contributed by atoms with van der Waals surface area (Å²) in [5.41, 5.74) is 2.32. The highest BCUT2D eigenvalue weighted by Gasteiger charge is 2.20. The van der Waals surface area contributed by atoms with E-state index >= 15 is 0 Å². The molecule has 1 aliphatic carbocycles. The summed E-state index contributed by atoms with van der Waals surface area (Å²) < 4.78 is 1.90. The van der Waals surface area contributed by atoms with Gasteiger partial charge in [-0.25, -0.2) is 4.68 Å². The number of aryl methyl sites for hydroxylation is 1. The maximum Gasteiger partial charge on any atom is 0.230 e. The van der Waals surface area contributed by atoms with E-state index in [4.69, 9.17) is 0 Å². The predicted molar refractivity (Wildman–Crippen MR) is 93.7 cm³/mol. The molecule has 1 fully saturated rings. The van der Waals surface area contributed by atoms with Crippen LogP contribution >= 0.6 is 11.8 Å². The molecule has 7 heteroatoms. The Morgan fingerprint density at radius 2 is 2.00 bits per heavy atom. The zero-order chi connectivity index (χ0) is 16.8. The lowest BCUT2D eigenvalue weighted by atomic mass is 9.96. The number of hydrogen-bond donors (Lipinski definition) is 1. The first-order chi connectivity index (χ1) is 11.7. The van der Waals surface area contributed by atoms with Crippen molar-refractivity contribution in [3.63, 3.8) is 0 Å². The van der Waals surface area contributed by atoms with E-state index in [1.807, 2.05) is 16.8 Å². The smallest absolute Gasteiger partial charge is 0.230 e. The number of tetrazole rings is 1. The largest absolute Gasteiger partial charge is 0.351 e. The van der Waals surface area contributed by atoms with Crippen molar-refractivity contribution in [1.29, 1.82) is 0 Å². The lowest BCUT2D eigenvalue weighted by Crippen LogP contribution is -2.25. The van der Waals surface area contributed by atoms with Gasteiger partial charge in [0.1, 0.15) is 0 Å². The molecule has 1 amide bonds. The van der Waals surface area contributed by atoms with Crippen molar-refractivity contribution in [2.24, 2.45) is 0 Å². The molecule has 0 atom stereocenters. The number of nitrogens with zero attached hydrogens (tertiary/aromatic N) is 4. The molecule has 1 aromatic carbocycles. The molecule has 0 radical (unpaired) electrons. The van der Waals surface area contributed by atoms with E-state index in [9.17, 15) is 4.79 Å². The van der Waals surface area contributed by atoms with Gasteiger partial charge in [0, 0.05) is 6.54 Å². The highest BCUT2D eigenvalue weighted by atomic mass is 32.2. The van der Waals surface area contributed by atoms with Crippen LogP contribution in [0, 0.1) is 6.92 Å². The number of thioether (sulfide) groups is 1. The number of nitrogens with one attached hydrogen (secondary N) is 1. The molecule has 1 saturated carbocycles. The van der Waals surface area contributed by atoms with Gasteiger partial charge in [-0.15, -0.1) is 5.10 Å². The second-order valence-corrected chi connectivity index (χ2v) is 7.19.